The predicted octanol–water partition coefficient (Wildman–Crippen LogP) is 5.54. The van der Waals surface area contributed by atoms with Gasteiger partial charge in [-0.3, -0.25) is 0 Å². The minimum absolute atomic E-state index is 0.0128. The maximum atomic E-state index is 13.0. The van der Waals surface area contributed by atoms with E-state index in [1.54, 1.807) is 11.8 Å². The first-order chi connectivity index (χ1) is 19.0. The van der Waals surface area contributed by atoms with Crippen LogP contribution in [0.5, 0.6) is 0 Å². The van der Waals surface area contributed by atoms with Gasteiger partial charge in [0, 0.05) is 34.7 Å². The highest BCUT2D eigenvalue weighted by atomic mass is 32.2. The first-order valence-electron chi connectivity index (χ1n) is 14.4. The Kier molecular flexibility index (Phi) is 8.19. The average Bonchev–Trinajstić information content (AvgIpc) is 2.92. The first kappa shape index (κ1) is 27.1. The number of aliphatic hydroxyl groups excluding tert-OH is 2. The van der Waals surface area contributed by atoms with Gasteiger partial charge in [0.15, 0.2) is 6.29 Å². The molecule has 0 unspecified atom stereocenters. The van der Waals surface area contributed by atoms with E-state index in [9.17, 15) is 15.0 Å². The minimum atomic E-state index is -0.532. The zero-order valence-corrected chi connectivity index (χ0v) is 23.2. The molecule has 4 N–H and O–H groups in total. The van der Waals surface area contributed by atoms with Crippen LogP contribution in [0.1, 0.15) is 74.0 Å². The fourth-order valence-corrected chi connectivity index (χ4v) is 8.47. The van der Waals surface area contributed by atoms with Gasteiger partial charge in [0.05, 0.1) is 25.4 Å². The molecular formula is C31H40N2O5S. The number of ether oxygens (including phenoxy) is 2. The highest BCUT2D eigenvalue weighted by Gasteiger charge is 2.51. The van der Waals surface area contributed by atoms with Crippen molar-refractivity contribution >= 4 is 23.5 Å². The normalized spacial score (nSPS) is 33.2. The van der Waals surface area contributed by atoms with Crippen molar-refractivity contribution in [1.29, 1.82) is 0 Å². The molecule has 8 heteroatoms. The standard InChI is InChI=1S/C31H40N2O5S/c34-9-10-39-19-27-14-28(24-3-1-20(18-35)2-4-24)38-29(37-27)25-5-7-26(8-6-25)32-30(36)33-31-15-21-11-22(16-31)13-23(12-21)17-31/h1-8,21-23,27-29,34-35H,9-19H2,(H2,32,33,36)/t21?,22?,23?,27-,28+,29+,31?/m0/s1. The highest BCUT2D eigenvalue weighted by molar-refractivity contribution is 7.99. The van der Waals surface area contributed by atoms with Crippen LogP contribution < -0.4 is 10.6 Å². The monoisotopic (exact) mass is 552 g/mol. The van der Waals surface area contributed by atoms with E-state index >= 15 is 0 Å². The third-order valence-corrected chi connectivity index (χ3v) is 10.1. The summed E-state index contributed by atoms with van der Waals surface area (Å²) in [7, 11) is 0. The molecule has 1 aliphatic heterocycles. The molecule has 39 heavy (non-hydrogen) atoms. The second kappa shape index (κ2) is 11.8. The number of urea groups is 1. The molecule has 5 aliphatic rings. The molecule has 4 bridgehead atoms. The van der Waals surface area contributed by atoms with Gasteiger partial charge >= 0.3 is 6.03 Å². The average molecular weight is 553 g/mol. The molecule has 2 aromatic carbocycles. The molecular weight excluding hydrogens is 512 g/mol. The topological polar surface area (TPSA) is 100 Å². The van der Waals surface area contributed by atoms with Crippen molar-refractivity contribution in [2.75, 3.05) is 23.4 Å². The summed E-state index contributed by atoms with van der Waals surface area (Å²) in [6.07, 6.45) is 7.47. The Morgan fingerprint density at radius 1 is 0.872 bits per heavy atom. The molecule has 3 atom stereocenters. The molecule has 7 nitrogen and oxygen atoms in total. The van der Waals surface area contributed by atoms with Crippen LogP contribution in [0.4, 0.5) is 10.5 Å². The van der Waals surface area contributed by atoms with Crippen LogP contribution in [-0.2, 0) is 16.1 Å². The van der Waals surface area contributed by atoms with Crippen LogP contribution in [0.25, 0.3) is 0 Å². The van der Waals surface area contributed by atoms with E-state index in [0.29, 0.717) is 5.75 Å². The summed E-state index contributed by atoms with van der Waals surface area (Å²) in [5.41, 5.74) is 3.56. The zero-order chi connectivity index (χ0) is 26.8. The van der Waals surface area contributed by atoms with Crippen molar-refractivity contribution in [1.82, 2.24) is 5.32 Å². The number of rotatable bonds is 9. The lowest BCUT2D eigenvalue weighted by molar-refractivity contribution is -0.245. The number of carbonyl (C=O) groups excluding carboxylic acids is 1. The number of carbonyl (C=O) groups is 1. The van der Waals surface area contributed by atoms with E-state index in [1.165, 1.54) is 19.3 Å². The van der Waals surface area contributed by atoms with Crippen LogP contribution in [0, 0.1) is 17.8 Å². The Labute approximate surface area is 235 Å². The molecule has 1 saturated heterocycles. The highest BCUT2D eigenvalue weighted by Crippen LogP contribution is 2.55. The van der Waals surface area contributed by atoms with Crippen molar-refractivity contribution in [3.8, 4) is 0 Å². The lowest BCUT2D eigenvalue weighted by Crippen LogP contribution is -2.60. The SMILES string of the molecule is O=C(Nc1ccc([C@@H]2O[C@H](CSCCO)C[C@H](c3ccc(CO)cc3)O2)cc1)NC12CC3CC(CC(C3)C1)C2. The Bertz CT molecular complexity index is 1090. The number of thioether (sulfide) groups is 1. The molecule has 2 amide bonds. The molecule has 0 radical (unpaired) electrons. The molecule has 7 rings (SSSR count). The Hall–Kier alpha value is -2.10. The number of hydrogen-bond donors (Lipinski definition) is 4. The lowest BCUT2D eigenvalue weighted by atomic mass is 9.53. The zero-order valence-electron chi connectivity index (χ0n) is 22.4. The molecule has 0 spiro atoms. The van der Waals surface area contributed by atoms with Crippen LogP contribution in [0.2, 0.25) is 0 Å². The van der Waals surface area contributed by atoms with Gasteiger partial charge in [-0.2, -0.15) is 11.8 Å². The van der Waals surface area contributed by atoms with Crippen molar-refractivity contribution in [2.24, 2.45) is 17.8 Å². The number of aliphatic hydroxyl groups is 2. The van der Waals surface area contributed by atoms with E-state index < -0.39 is 6.29 Å². The summed E-state index contributed by atoms with van der Waals surface area (Å²) >= 11 is 1.67. The second-order valence-electron chi connectivity index (χ2n) is 12.0. The molecule has 1 heterocycles. The Morgan fingerprint density at radius 2 is 1.51 bits per heavy atom. The summed E-state index contributed by atoms with van der Waals surface area (Å²) < 4.78 is 12.7. The Morgan fingerprint density at radius 3 is 2.13 bits per heavy atom. The maximum Gasteiger partial charge on any atom is 0.319 e. The molecule has 4 aliphatic carbocycles. The first-order valence-corrected chi connectivity index (χ1v) is 15.5. The van der Waals surface area contributed by atoms with Crippen LogP contribution in [0.15, 0.2) is 48.5 Å². The maximum absolute atomic E-state index is 13.0. The number of benzene rings is 2. The summed E-state index contributed by atoms with van der Waals surface area (Å²) in [5, 5.41) is 25.0. The fraction of sp³-hybridized carbons (Fsp3) is 0.581. The van der Waals surface area contributed by atoms with Crippen molar-refractivity contribution in [2.45, 2.75) is 75.6 Å². The van der Waals surface area contributed by atoms with Crippen molar-refractivity contribution in [3.05, 3.63) is 65.2 Å². The van der Waals surface area contributed by atoms with Gasteiger partial charge in [0.2, 0.25) is 0 Å². The van der Waals surface area contributed by atoms with Crippen molar-refractivity contribution < 1.29 is 24.5 Å². The minimum Gasteiger partial charge on any atom is -0.396 e. The van der Waals surface area contributed by atoms with Gasteiger partial charge in [0.1, 0.15) is 0 Å². The summed E-state index contributed by atoms with van der Waals surface area (Å²) in [6.45, 7) is 0.160. The molecule has 4 saturated carbocycles. The van der Waals surface area contributed by atoms with E-state index in [1.807, 2.05) is 48.5 Å². The fourth-order valence-electron chi connectivity index (χ4n) is 7.69. The summed E-state index contributed by atoms with van der Waals surface area (Å²) in [4.78, 5) is 13.0. The number of amides is 2. The molecule has 0 aromatic heterocycles. The van der Waals surface area contributed by atoms with Gasteiger partial charge in [-0.05, 0) is 79.5 Å². The van der Waals surface area contributed by atoms with E-state index in [0.717, 1.165) is 71.6 Å². The third-order valence-electron chi connectivity index (χ3n) is 9.01. The smallest absolute Gasteiger partial charge is 0.319 e. The van der Waals surface area contributed by atoms with Gasteiger partial charge < -0.3 is 30.3 Å². The third kappa shape index (κ3) is 6.30. The molecule has 5 fully saturated rings. The number of hydrogen-bond acceptors (Lipinski definition) is 6. The number of nitrogens with one attached hydrogen (secondary N) is 2. The van der Waals surface area contributed by atoms with Gasteiger partial charge in [-0.25, -0.2) is 4.79 Å². The van der Waals surface area contributed by atoms with Crippen LogP contribution >= 0.6 is 11.8 Å². The van der Waals surface area contributed by atoms with E-state index in [-0.39, 0.29) is 37.0 Å². The Balaban J connectivity index is 1.10. The van der Waals surface area contributed by atoms with Gasteiger partial charge in [-0.15, -0.1) is 0 Å². The predicted molar refractivity (Wildman–Crippen MR) is 152 cm³/mol. The molecule has 2 aromatic rings. The molecule has 210 valence electrons. The largest absolute Gasteiger partial charge is 0.396 e. The van der Waals surface area contributed by atoms with Gasteiger partial charge in [0.25, 0.3) is 0 Å². The van der Waals surface area contributed by atoms with Crippen LogP contribution in [0.3, 0.4) is 0 Å². The summed E-state index contributed by atoms with van der Waals surface area (Å²) in [5.74, 6) is 3.80. The van der Waals surface area contributed by atoms with E-state index in [4.69, 9.17) is 9.47 Å². The lowest BCUT2D eigenvalue weighted by Gasteiger charge is -2.56. The number of anilines is 1. The summed E-state index contributed by atoms with van der Waals surface area (Å²) in [6, 6.07) is 15.5. The quantitative estimate of drug-likeness (QED) is 0.305. The van der Waals surface area contributed by atoms with Crippen LogP contribution in [-0.4, -0.2) is 46.0 Å². The second-order valence-corrected chi connectivity index (χ2v) is 13.2. The van der Waals surface area contributed by atoms with E-state index in [2.05, 4.69) is 10.6 Å². The van der Waals surface area contributed by atoms with Gasteiger partial charge in [-0.1, -0.05) is 36.4 Å². The van der Waals surface area contributed by atoms with Crippen molar-refractivity contribution in [3.63, 3.8) is 0 Å².